The minimum atomic E-state index is -1.47. The fourth-order valence-electron chi connectivity index (χ4n) is 2.03. The van der Waals surface area contributed by atoms with Crippen molar-refractivity contribution in [2.24, 2.45) is 4.99 Å². The second-order valence-electron chi connectivity index (χ2n) is 4.57. The minimum absolute atomic E-state index is 0. The molecule has 0 aromatic rings. The zero-order chi connectivity index (χ0) is 15.3. The Morgan fingerprint density at radius 2 is 2.14 bits per heavy atom. The van der Waals surface area contributed by atoms with Crippen LogP contribution in [-0.2, 0) is 9.53 Å². The summed E-state index contributed by atoms with van der Waals surface area (Å²) in [6.45, 7) is -1.16. The van der Waals surface area contributed by atoms with Gasteiger partial charge in [0.05, 0.1) is 31.7 Å². The van der Waals surface area contributed by atoms with Crippen LogP contribution in [0.3, 0.4) is 0 Å². The van der Waals surface area contributed by atoms with E-state index in [9.17, 15) is 15.0 Å². The van der Waals surface area contributed by atoms with Crippen LogP contribution >= 0.6 is 0 Å². The van der Waals surface area contributed by atoms with Crippen molar-refractivity contribution in [1.82, 2.24) is 5.32 Å². The summed E-state index contributed by atoms with van der Waals surface area (Å²) in [5.74, 6) is -0.987. The van der Waals surface area contributed by atoms with Crippen LogP contribution < -0.4 is 5.32 Å². The quantitative estimate of drug-likeness (QED) is 0.331. The number of nitrogens with one attached hydrogen (secondary N) is 1. The van der Waals surface area contributed by atoms with E-state index in [2.05, 4.69) is 17.4 Å². The van der Waals surface area contributed by atoms with Gasteiger partial charge in [-0.1, -0.05) is 5.71 Å². The molecule has 0 spiro atoms. The molecule has 0 bridgehead atoms. The molecule has 0 aromatic carbocycles. The molecule has 0 heterocycles. The Balaban J connectivity index is 0.00000400. The average molecular weight is 427 g/mol. The van der Waals surface area contributed by atoms with Crippen LogP contribution in [0.1, 0.15) is 12.8 Å². The predicted octanol–water partition coefficient (Wildman–Crippen LogP) is -1.37. The van der Waals surface area contributed by atoms with Gasteiger partial charge in [0, 0.05) is 53.9 Å². The van der Waals surface area contributed by atoms with Crippen LogP contribution in [0.2, 0.25) is 0 Å². The van der Waals surface area contributed by atoms with Gasteiger partial charge in [0.2, 0.25) is 0 Å². The van der Waals surface area contributed by atoms with Crippen molar-refractivity contribution in [3.8, 4) is 0 Å². The summed E-state index contributed by atoms with van der Waals surface area (Å²) in [7, 11) is 4.74. The number of aliphatic imine (C=N–C) groups is 1. The maximum absolute atomic E-state index is 10.9. The summed E-state index contributed by atoms with van der Waals surface area (Å²) in [5, 5.41) is 40.0. The van der Waals surface area contributed by atoms with Crippen LogP contribution in [0.4, 0.5) is 0 Å². The first-order chi connectivity index (χ1) is 9.40. The summed E-state index contributed by atoms with van der Waals surface area (Å²) in [5.41, 5.74) is -0.918. The summed E-state index contributed by atoms with van der Waals surface area (Å²) < 4.78 is 5.15. The number of methoxy groups -OCH3 is 1. The molecule has 0 aliphatic heterocycles. The normalized spacial score (nSPS) is 25.2. The van der Waals surface area contributed by atoms with E-state index >= 15 is 0 Å². The molecule has 0 fully saturated rings. The zero-order valence-electron chi connectivity index (χ0n) is 11.7. The fraction of sp³-hybridized carbons (Fsp3) is 0.583. The van der Waals surface area contributed by atoms with Gasteiger partial charge < -0.3 is 35.5 Å². The molecule has 1 rings (SSSR count). The monoisotopic (exact) mass is 427 g/mol. The zero-order valence-corrected chi connectivity index (χ0v) is 14.8. The Kier molecular flexibility index (Phi) is 8.74. The van der Waals surface area contributed by atoms with Crippen molar-refractivity contribution >= 4 is 11.7 Å². The molecule has 118 valence electrons. The van der Waals surface area contributed by atoms with E-state index in [-0.39, 0.29) is 66.0 Å². The van der Waals surface area contributed by atoms with Gasteiger partial charge >= 0.3 is 5.97 Å². The third-order valence-corrected chi connectivity index (χ3v) is 3.06. The molecule has 0 aromatic heterocycles. The molecular weight excluding hydrogens is 408 g/mol. The van der Waals surface area contributed by atoms with Gasteiger partial charge in [0.1, 0.15) is 6.04 Å². The Labute approximate surface area is 156 Å². The first kappa shape index (κ1) is 20.6. The minimum Gasteiger partial charge on any atom is -0.512 e. The number of aliphatic hydroxyl groups excluding tert-OH is 2. The molecule has 0 amide bonds. The third-order valence-electron chi connectivity index (χ3n) is 3.06. The largest absolute Gasteiger partial charge is 0.512 e. The Bertz CT molecular complexity index is 439. The molecule has 1 aliphatic carbocycles. The first-order valence-corrected chi connectivity index (χ1v) is 5.94. The number of carbonyl (C=O) groups is 1. The third kappa shape index (κ3) is 5.08. The molecule has 0 radical (unpaired) electrons. The maximum Gasteiger partial charge on any atom is 0.328 e. The SMILES string of the molecule is [CH2-]N=C1C[C@@](O)(CO)CC(N[C@@H](CO)C(=O)O)=C1OC.[Ce]. The van der Waals surface area contributed by atoms with Crippen LogP contribution in [0.15, 0.2) is 16.4 Å². The van der Waals surface area contributed by atoms with Crippen LogP contribution in [0.5, 0.6) is 0 Å². The number of aliphatic hydroxyl groups is 3. The number of rotatable bonds is 6. The van der Waals surface area contributed by atoms with Gasteiger partial charge in [-0.2, -0.15) is 7.05 Å². The Morgan fingerprint density at radius 1 is 1.52 bits per heavy atom. The molecule has 1 aliphatic rings. The number of carboxylic acid groups (broad SMARTS) is 1. The van der Waals surface area contributed by atoms with Crippen LogP contribution in [-0.4, -0.2) is 64.1 Å². The van der Waals surface area contributed by atoms with E-state index in [1.165, 1.54) is 7.11 Å². The molecule has 0 saturated heterocycles. The number of nitrogens with zero attached hydrogens (tertiary/aromatic N) is 1. The number of hydrogen-bond donors (Lipinski definition) is 5. The molecule has 9 heteroatoms. The molecule has 2 atom stereocenters. The van der Waals surface area contributed by atoms with Gasteiger partial charge in [0.15, 0.2) is 0 Å². The summed E-state index contributed by atoms with van der Waals surface area (Å²) in [4.78, 5) is 14.7. The maximum atomic E-state index is 10.9. The molecule has 0 saturated carbocycles. The van der Waals surface area contributed by atoms with Crippen molar-refractivity contribution in [1.29, 1.82) is 0 Å². The predicted molar refractivity (Wildman–Crippen MR) is 69.7 cm³/mol. The van der Waals surface area contributed by atoms with Gasteiger partial charge in [-0.25, -0.2) is 4.79 Å². The van der Waals surface area contributed by atoms with E-state index in [1.807, 2.05) is 0 Å². The summed E-state index contributed by atoms with van der Waals surface area (Å²) in [6.07, 6.45) is -0.00626. The van der Waals surface area contributed by atoms with Gasteiger partial charge in [-0.05, 0) is 6.42 Å². The second kappa shape index (κ2) is 8.91. The van der Waals surface area contributed by atoms with Gasteiger partial charge in [-0.3, -0.25) is 0 Å². The van der Waals surface area contributed by atoms with E-state index < -0.39 is 30.8 Å². The number of allylic oxidation sites excluding steroid dienone is 1. The molecule has 5 N–H and O–H groups in total. The average Bonchev–Trinajstić information content (AvgIpc) is 2.43. The van der Waals surface area contributed by atoms with E-state index in [4.69, 9.17) is 14.9 Å². The van der Waals surface area contributed by atoms with Crippen molar-refractivity contribution in [2.45, 2.75) is 24.5 Å². The van der Waals surface area contributed by atoms with Crippen LogP contribution in [0, 0.1) is 48.8 Å². The van der Waals surface area contributed by atoms with E-state index in [0.717, 1.165) is 0 Å². The van der Waals surface area contributed by atoms with Crippen LogP contribution in [0.25, 0.3) is 0 Å². The summed E-state index contributed by atoms with van der Waals surface area (Å²) >= 11 is 0. The number of carboxylic acids is 1. The van der Waals surface area contributed by atoms with E-state index in [1.54, 1.807) is 0 Å². The summed E-state index contributed by atoms with van der Waals surface area (Å²) in [6, 6.07) is -1.25. The van der Waals surface area contributed by atoms with Crippen molar-refractivity contribution < 1.29 is 71.7 Å². The topological polar surface area (TPSA) is 132 Å². The molecular formula is C12H19CeN2O6-. The number of aliphatic carboxylic acids is 1. The number of ether oxygens (including phenoxy) is 1. The first-order valence-electron chi connectivity index (χ1n) is 5.94. The van der Waals surface area contributed by atoms with Crippen molar-refractivity contribution in [3.05, 3.63) is 18.5 Å². The molecule has 0 unspecified atom stereocenters. The molecule has 21 heavy (non-hydrogen) atoms. The second-order valence-corrected chi connectivity index (χ2v) is 4.57. The van der Waals surface area contributed by atoms with Crippen molar-refractivity contribution in [2.75, 3.05) is 20.3 Å². The standard InChI is InChI=1S/C12H19N2O6.Ce/c1-13-7-3-12(19,6-16)4-8(10(7)20-2)14-9(5-15)11(17)18;/h9,14-16,19H,1,3-6H2,2H3,(H,17,18);/q-1;/t9-,12-;/m0./s1. The molecule has 8 nitrogen and oxygen atoms in total. The van der Waals surface area contributed by atoms with E-state index in [0.29, 0.717) is 5.71 Å². The smallest absolute Gasteiger partial charge is 0.328 e. The Hall–Kier alpha value is -0.393. The van der Waals surface area contributed by atoms with Gasteiger partial charge in [-0.15, -0.1) is 0 Å². The van der Waals surface area contributed by atoms with Crippen molar-refractivity contribution in [3.63, 3.8) is 0 Å². The fourth-order valence-corrected chi connectivity index (χ4v) is 2.03. The Morgan fingerprint density at radius 3 is 2.52 bits per heavy atom. The van der Waals surface area contributed by atoms with Gasteiger partial charge in [0.25, 0.3) is 0 Å². The number of hydrogen-bond acceptors (Lipinski definition) is 7.